The molecule has 0 radical (unpaired) electrons. The van der Waals surface area contributed by atoms with Gasteiger partial charge in [-0.2, -0.15) is 0 Å². The van der Waals surface area contributed by atoms with Crippen molar-refractivity contribution in [2.24, 2.45) is 7.05 Å². The lowest BCUT2D eigenvalue weighted by atomic mass is 10.2. The summed E-state index contributed by atoms with van der Waals surface area (Å²) in [4.78, 5) is 4.17. The number of aryl methyl sites for hydroxylation is 1. The third-order valence-corrected chi connectivity index (χ3v) is 2.67. The minimum Gasteiger partial charge on any atom is -0.485 e. The monoisotopic (exact) mass is 249 g/mol. The summed E-state index contributed by atoms with van der Waals surface area (Å²) in [6.45, 7) is 0.930. The van der Waals surface area contributed by atoms with Crippen molar-refractivity contribution >= 4 is 0 Å². The van der Waals surface area contributed by atoms with E-state index in [9.17, 15) is 4.39 Å². The maximum atomic E-state index is 13.1. The van der Waals surface area contributed by atoms with Gasteiger partial charge in [0.25, 0.3) is 0 Å². The zero-order valence-electron chi connectivity index (χ0n) is 10.5. The highest BCUT2D eigenvalue weighted by molar-refractivity contribution is 5.34. The maximum Gasteiger partial charge on any atom is 0.146 e. The Hall–Kier alpha value is -1.88. The van der Waals surface area contributed by atoms with Gasteiger partial charge in [0.2, 0.25) is 0 Å². The lowest BCUT2D eigenvalue weighted by Crippen LogP contribution is -2.09. The fourth-order valence-corrected chi connectivity index (χ4v) is 1.70. The third-order valence-electron chi connectivity index (χ3n) is 2.67. The Balaban J connectivity index is 2.11. The number of hydrogen-bond acceptors (Lipinski definition) is 3. The molecule has 0 aliphatic rings. The Kier molecular flexibility index (Phi) is 3.94. The summed E-state index contributed by atoms with van der Waals surface area (Å²) in [6, 6.07) is 4.52. The summed E-state index contributed by atoms with van der Waals surface area (Å²) in [5.74, 6) is 1.24. The Bertz CT molecular complexity index is 525. The molecule has 0 unspecified atom stereocenters. The molecule has 18 heavy (non-hydrogen) atoms. The standard InChI is InChI=1S/C13H16FN3O/c1-15-8-10-7-11(14)3-4-12(10)18-9-13-16-5-6-17(13)2/h3-7,15H,8-9H2,1-2H3. The van der Waals surface area contributed by atoms with Crippen molar-refractivity contribution in [2.75, 3.05) is 7.05 Å². The summed E-state index contributed by atoms with van der Waals surface area (Å²) in [6.07, 6.45) is 3.58. The molecule has 5 heteroatoms. The van der Waals surface area contributed by atoms with Crippen molar-refractivity contribution in [3.63, 3.8) is 0 Å². The van der Waals surface area contributed by atoms with Crippen LogP contribution in [-0.2, 0) is 20.2 Å². The van der Waals surface area contributed by atoms with Crippen LogP contribution in [0.2, 0.25) is 0 Å². The van der Waals surface area contributed by atoms with Crippen LogP contribution in [0.15, 0.2) is 30.6 Å². The van der Waals surface area contributed by atoms with Crippen molar-refractivity contribution in [1.82, 2.24) is 14.9 Å². The number of ether oxygens (including phenoxy) is 1. The summed E-state index contributed by atoms with van der Waals surface area (Å²) >= 11 is 0. The van der Waals surface area contributed by atoms with Crippen LogP contribution in [0.3, 0.4) is 0 Å². The molecule has 0 spiro atoms. The second-order valence-electron chi connectivity index (χ2n) is 4.03. The fourth-order valence-electron chi connectivity index (χ4n) is 1.70. The molecule has 0 amide bonds. The van der Waals surface area contributed by atoms with E-state index in [0.717, 1.165) is 11.4 Å². The van der Waals surface area contributed by atoms with Gasteiger partial charge in [0.05, 0.1) is 0 Å². The highest BCUT2D eigenvalue weighted by Gasteiger charge is 2.06. The van der Waals surface area contributed by atoms with Gasteiger partial charge in [-0.1, -0.05) is 0 Å². The van der Waals surface area contributed by atoms with Crippen LogP contribution in [0.5, 0.6) is 5.75 Å². The number of nitrogens with one attached hydrogen (secondary N) is 1. The maximum absolute atomic E-state index is 13.1. The van der Waals surface area contributed by atoms with E-state index >= 15 is 0 Å². The number of hydrogen-bond donors (Lipinski definition) is 1. The average molecular weight is 249 g/mol. The molecular formula is C13H16FN3O. The first-order valence-electron chi connectivity index (χ1n) is 5.72. The molecule has 0 aliphatic heterocycles. The van der Waals surface area contributed by atoms with Gasteiger partial charge in [-0.15, -0.1) is 0 Å². The van der Waals surface area contributed by atoms with E-state index in [4.69, 9.17) is 4.74 Å². The fraction of sp³-hybridized carbons (Fsp3) is 0.308. The molecule has 1 heterocycles. The molecule has 1 N–H and O–H groups in total. The summed E-state index contributed by atoms with van der Waals surface area (Å²) in [5.41, 5.74) is 0.798. The highest BCUT2D eigenvalue weighted by Crippen LogP contribution is 2.20. The van der Waals surface area contributed by atoms with E-state index in [1.165, 1.54) is 12.1 Å². The van der Waals surface area contributed by atoms with E-state index in [0.29, 0.717) is 18.9 Å². The zero-order chi connectivity index (χ0) is 13.0. The average Bonchev–Trinajstić information content (AvgIpc) is 2.74. The van der Waals surface area contributed by atoms with Crippen molar-refractivity contribution in [3.05, 3.63) is 47.8 Å². The van der Waals surface area contributed by atoms with Gasteiger partial charge in [0.1, 0.15) is 24.0 Å². The second-order valence-corrected chi connectivity index (χ2v) is 4.03. The SMILES string of the molecule is CNCc1cc(F)ccc1OCc1nccn1C. The van der Waals surface area contributed by atoms with Crippen molar-refractivity contribution < 1.29 is 9.13 Å². The highest BCUT2D eigenvalue weighted by atomic mass is 19.1. The predicted molar refractivity (Wildman–Crippen MR) is 66.7 cm³/mol. The minimum atomic E-state index is -0.260. The third kappa shape index (κ3) is 2.87. The quantitative estimate of drug-likeness (QED) is 0.879. The summed E-state index contributed by atoms with van der Waals surface area (Å²) in [5, 5.41) is 2.99. The summed E-state index contributed by atoms with van der Waals surface area (Å²) in [7, 11) is 3.72. The smallest absolute Gasteiger partial charge is 0.146 e. The number of halogens is 1. The van der Waals surface area contributed by atoms with Gasteiger partial charge in [-0.05, 0) is 25.2 Å². The summed E-state index contributed by atoms with van der Waals surface area (Å²) < 4.78 is 20.7. The molecule has 4 nitrogen and oxygen atoms in total. The van der Waals surface area contributed by atoms with Crippen molar-refractivity contribution in [2.45, 2.75) is 13.2 Å². The van der Waals surface area contributed by atoms with Gasteiger partial charge >= 0.3 is 0 Å². The number of rotatable bonds is 5. The van der Waals surface area contributed by atoms with Crippen LogP contribution in [0.4, 0.5) is 4.39 Å². The van der Waals surface area contributed by atoms with Crippen LogP contribution >= 0.6 is 0 Å². The van der Waals surface area contributed by atoms with E-state index in [-0.39, 0.29) is 5.82 Å². The molecule has 0 saturated heterocycles. The lowest BCUT2D eigenvalue weighted by Gasteiger charge is -2.11. The molecular weight excluding hydrogens is 233 g/mol. The topological polar surface area (TPSA) is 39.1 Å². The van der Waals surface area contributed by atoms with E-state index in [1.807, 2.05) is 24.9 Å². The van der Waals surface area contributed by atoms with Crippen LogP contribution in [0, 0.1) is 5.82 Å². The zero-order valence-corrected chi connectivity index (χ0v) is 10.5. The van der Waals surface area contributed by atoms with E-state index < -0.39 is 0 Å². The van der Waals surface area contributed by atoms with Gasteiger partial charge < -0.3 is 14.6 Å². The van der Waals surface area contributed by atoms with Crippen LogP contribution in [0.25, 0.3) is 0 Å². The molecule has 0 fully saturated rings. The molecule has 1 aromatic heterocycles. The molecule has 0 saturated carbocycles. The molecule has 0 aliphatic carbocycles. The lowest BCUT2D eigenvalue weighted by molar-refractivity contribution is 0.288. The van der Waals surface area contributed by atoms with Crippen LogP contribution < -0.4 is 10.1 Å². The minimum absolute atomic E-state index is 0.260. The van der Waals surface area contributed by atoms with Crippen molar-refractivity contribution in [1.29, 1.82) is 0 Å². The predicted octanol–water partition coefficient (Wildman–Crippen LogP) is 1.86. The Morgan fingerprint density at radius 2 is 2.28 bits per heavy atom. The number of benzene rings is 1. The first-order valence-corrected chi connectivity index (χ1v) is 5.72. The van der Waals surface area contributed by atoms with Crippen LogP contribution in [0.1, 0.15) is 11.4 Å². The first-order chi connectivity index (χ1) is 8.70. The van der Waals surface area contributed by atoms with Gasteiger partial charge in [0, 0.05) is 31.5 Å². The van der Waals surface area contributed by atoms with E-state index in [2.05, 4.69) is 10.3 Å². The number of aromatic nitrogens is 2. The number of nitrogens with zero attached hydrogens (tertiary/aromatic N) is 2. The normalized spacial score (nSPS) is 10.6. The molecule has 1 aromatic carbocycles. The Morgan fingerprint density at radius 1 is 1.44 bits per heavy atom. The van der Waals surface area contributed by atoms with E-state index in [1.54, 1.807) is 12.3 Å². The second kappa shape index (κ2) is 5.64. The Morgan fingerprint density at radius 3 is 2.94 bits per heavy atom. The molecule has 96 valence electrons. The Labute approximate surface area is 105 Å². The van der Waals surface area contributed by atoms with Crippen LogP contribution in [-0.4, -0.2) is 16.6 Å². The first kappa shape index (κ1) is 12.6. The molecule has 2 rings (SSSR count). The molecule has 0 bridgehead atoms. The van der Waals surface area contributed by atoms with Gasteiger partial charge in [-0.25, -0.2) is 9.37 Å². The van der Waals surface area contributed by atoms with Gasteiger partial charge in [-0.3, -0.25) is 0 Å². The van der Waals surface area contributed by atoms with Crippen molar-refractivity contribution in [3.8, 4) is 5.75 Å². The van der Waals surface area contributed by atoms with Gasteiger partial charge in [0.15, 0.2) is 0 Å². The number of imidazole rings is 1. The largest absolute Gasteiger partial charge is 0.485 e. The molecule has 0 atom stereocenters. The molecule has 2 aromatic rings.